The molecule has 1 unspecified atom stereocenters. The van der Waals surface area contributed by atoms with Crippen LogP contribution in [0.25, 0.3) is 0 Å². The molecule has 1 N–H and O–H groups in total. The summed E-state index contributed by atoms with van der Waals surface area (Å²) in [6.07, 6.45) is 0. The van der Waals surface area contributed by atoms with Gasteiger partial charge in [0.15, 0.2) is 11.5 Å². The lowest BCUT2D eigenvalue weighted by atomic mass is 10.1. The zero-order valence-electron chi connectivity index (χ0n) is 23.4. The second kappa shape index (κ2) is 13.9. The summed E-state index contributed by atoms with van der Waals surface area (Å²) in [7, 11) is -1.46. The van der Waals surface area contributed by atoms with Gasteiger partial charge in [-0.1, -0.05) is 47.5 Å². The fraction of sp³-hybridized carbons (Fsp3) is 0.310. The highest BCUT2D eigenvalue weighted by molar-refractivity contribution is 7.92. The molecule has 0 aromatic heterocycles. The molecule has 12 heteroatoms. The molecule has 3 aromatic rings. The molecule has 0 heterocycles. The quantitative estimate of drug-likeness (QED) is 0.300. The number of sulfonamides is 1. The van der Waals surface area contributed by atoms with E-state index in [0.29, 0.717) is 21.4 Å². The van der Waals surface area contributed by atoms with Crippen LogP contribution in [0.15, 0.2) is 71.6 Å². The van der Waals surface area contributed by atoms with Crippen LogP contribution in [0.1, 0.15) is 26.3 Å². The van der Waals surface area contributed by atoms with E-state index in [2.05, 4.69) is 5.32 Å². The lowest BCUT2D eigenvalue weighted by molar-refractivity contribution is -0.139. The second-order valence-electron chi connectivity index (χ2n) is 9.43. The van der Waals surface area contributed by atoms with Crippen LogP contribution < -0.4 is 19.1 Å². The number of nitrogens with zero attached hydrogens (tertiary/aromatic N) is 2. The average molecular weight is 623 g/mol. The molecule has 0 aliphatic rings. The summed E-state index contributed by atoms with van der Waals surface area (Å²) in [5, 5.41) is 3.42. The molecule has 220 valence electrons. The molecule has 0 aliphatic carbocycles. The normalized spacial score (nSPS) is 12.0. The molecule has 0 aliphatic heterocycles. The minimum absolute atomic E-state index is 0.113. The first-order chi connectivity index (χ1) is 19.4. The zero-order valence-corrected chi connectivity index (χ0v) is 25.8. The van der Waals surface area contributed by atoms with Crippen LogP contribution in [-0.4, -0.2) is 58.0 Å². The molecule has 0 saturated carbocycles. The van der Waals surface area contributed by atoms with Gasteiger partial charge < -0.3 is 19.7 Å². The fourth-order valence-electron chi connectivity index (χ4n) is 4.07. The highest BCUT2D eigenvalue weighted by Gasteiger charge is 2.33. The van der Waals surface area contributed by atoms with E-state index in [4.69, 9.17) is 32.7 Å². The van der Waals surface area contributed by atoms with E-state index in [9.17, 15) is 18.0 Å². The van der Waals surface area contributed by atoms with E-state index in [0.717, 1.165) is 4.31 Å². The van der Waals surface area contributed by atoms with Crippen LogP contribution in [0, 0.1) is 0 Å². The largest absolute Gasteiger partial charge is 0.493 e. The Morgan fingerprint density at radius 2 is 1.49 bits per heavy atom. The van der Waals surface area contributed by atoms with Gasteiger partial charge in [0.2, 0.25) is 11.8 Å². The predicted molar refractivity (Wildman–Crippen MR) is 160 cm³/mol. The molecule has 3 aromatic carbocycles. The van der Waals surface area contributed by atoms with Crippen molar-refractivity contribution < 1.29 is 27.5 Å². The number of para-hydroxylation sites is 1. The number of rotatable bonds is 12. The molecule has 1 atom stereocenters. The third-order valence-corrected chi connectivity index (χ3v) is 8.73. The predicted octanol–water partition coefficient (Wildman–Crippen LogP) is 5.15. The van der Waals surface area contributed by atoms with E-state index in [1.165, 1.54) is 37.3 Å². The van der Waals surface area contributed by atoms with E-state index in [-0.39, 0.29) is 28.9 Å². The summed E-state index contributed by atoms with van der Waals surface area (Å²) in [6, 6.07) is 16.2. The van der Waals surface area contributed by atoms with Crippen LogP contribution in [0.5, 0.6) is 11.5 Å². The van der Waals surface area contributed by atoms with Crippen molar-refractivity contribution in [2.75, 3.05) is 25.1 Å². The third kappa shape index (κ3) is 7.63. The minimum Gasteiger partial charge on any atom is -0.493 e. The number of nitrogens with one attached hydrogen (secondary N) is 1. The van der Waals surface area contributed by atoms with E-state index >= 15 is 0 Å². The van der Waals surface area contributed by atoms with Gasteiger partial charge in [-0.15, -0.1) is 0 Å². The van der Waals surface area contributed by atoms with Crippen molar-refractivity contribution in [2.24, 2.45) is 0 Å². The first kappa shape index (κ1) is 32.0. The van der Waals surface area contributed by atoms with Gasteiger partial charge in [-0.2, -0.15) is 0 Å². The molecular formula is C29H33Cl2N3O6S. The van der Waals surface area contributed by atoms with Crippen LogP contribution >= 0.6 is 23.2 Å². The number of anilines is 1. The van der Waals surface area contributed by atoms with Crippen molar-refractivity contribution in [1.29, 1.82) is 0 Å². The maximum absolute atomic E-state index is 14.0. The highest BCUT2D eigenvalue weighted by atomic mass is 35.5. The highest BCUT2D eigenvalue weighted by Crippen LogP contribution is 2.33. The SMILES string of the molecule is COc1ccc(S(=O)(=O)N(CC(=O)N(Cc2c(Cl)cccc2Cl)C(C)C(=O)NC(C)C)c2ccccc2)cc1OC. The summed E-state index contributed by atoms with van der Waals surface area (Å²) in [5.74, 6) is -0.491. The first-order valence-corrected chi connectivity index (χ1v) is 14.9. The molecule has 9 nitrogen and oxygen atoms in total. The fourth-order valence-corrected chi connectivity index (χ4v) is 6.02. The zero-order chi connectivity index (χ0) is 30.3. The van der Waals surface area contributed by atoms with Gasteiger partial charge in [-0.05, 0) is 57.2 Å². The van der Waals surface area contributed by atoms with E-state index in [1.54, 1.807) is 69.3 Å². The Balaban J connectivity index is 2.08. The van der Waals surface area contributed by atoms with Gasteiger partial charge in [-0.25, -0.2) is 8.42 Å². The van der Waals surface area contributed by atoms with Crippen molar-refractivity contribution in [2.45, 2.75) is 44.3 Å². The minimum atomic E-state index is -4.30. The third-order valence-electron chi connectivity index (χ3n) is 6.25. The summed E-state index contributed by atoms with van der Waals surface area (Å²) in [6.45, 7) is 4.43. The lowest BCUT2D eigenvalue weighted by Crippen LogP contribution is -2.52. The van der Waals surface area contributed by atoms with Gasteiger partial charge in [-0.3, -0.25) is 13.9 Å². The van der Waals surface area contributed by atoms with Gasteiger partial charge in [0.25, 0.3) is 10.0 Å². The molecule has 0 bridgehead atoms. The van der Waals surface area contributed by atoms with Crippen molar-refractivity contribution >= 4 is 50.7 Å². The van der Waals surface area contributed by atoms with Crippen molar-refractivity contribution in [3.8, 4) is 11.5 Å². The van der Waals surface area contributed by atoms with Crippen molar-refractivity contribution in [3.63, 3.8) is 0 Å². The van der Waals surface area contributed by atoms with Crippen LogP contribution in [0.2, 0.25) is 10.0 Å². The Hall–Kier alpha value is -3.47. The standard InChI is InChI=1S/C29H33Cl2N3O6S/c1-19(2)32-29(36)20(3)33(17-23-24(30)12-9-13-25(23)31)28(35)18-34(21-10-7-6-8-11-21)41(37,38)22-14-15-26(39-4)27(16-22)40-5/h6-16,19-20H,17-18H2,1-5H3,(H,32,36). The van der Waals surface area contributed by atoms with Crippen LogP contribution in [0.4, 0.5) is 5.69 Å². The number of halogens is 2. The molecule has 0 spiro atoms. The van der Waals surface area contributed by atoms with Gasteiger partial charge in [0.05, 0.1) is 24.8 Å². The average Bonchev–Trinajstić information content (AvgIpc) is 2.94. The number of benzene rings is 3. The Morgan fingerprint density at radius 3 is 2.05 bits per heavy atom. The maximum atomic E-state index is 14.0. The first-order valence-electron chi connectivity index (χ1n) is 12.7. The molecule has 0 radical (unpaired) electrons. The second-order valence-corrected chi connectivity index (χ2v) is 12.1. The lowest BCUT2D eigenvalue weighted by Gasteiger charge is -2.32. The summed E-state index contributed by atoms with van der Waals surface area (Å²) in [4.78, 5) is 28.2. The van der Waals surface area contributed by atoms with Crippen molar-refractivity contribution in [1.82, 2.24) is 10.2 Å². The number of carbonyl (C=O) groups is 2. The topological polar surface area (TPSA) is 105 Å². The molecular weight excluding hydrogens is 589 g/mol. The summed E-state index contributed by atoms with van der Waals surface area (Å²) >= 11 is 12.8. The molecule has 0 fully saturated rings. The number of amides is 2. The molecule has 3 rings (SSSR count). The monoisotopic (exact) mass is 621 g/mol. The number of hydrogen-bond acceptors (Lipinski definition) is 6. The van der Waals surface area contributed by atoms with Gasteiger partial charge >= 0.3 is 0 Å². The number of ether oxygens (including phenoxy) is 2. The Labute approximate surface area is 251 Å². The Morgan fingerprint density at radius 1 is 0.878 bits per heavy atom. The van der Waals surface area contributed by atoms with Gasteiger partial charge in [0, 0.05) is 34.3 Å². The molecule has 41 heavy (non-hydrogen) atoms. The summed E-state index contributed by atoms with van der Waals surface area (Å²) < 4.78 is 39.6. The van der Waals surface area contributed by atoms with Crippen LogP contribution in [0.3, 0.4) is 0 Å². The van der Waals surface area contributed by atoms with E-state index in [1.807, 2.05) is 0 Å². The Kier molecular flexibility index (Phi) is 10.9. The van der Waals surface area contributed by atoms with Crippen molar-refractivity contribution in [3.05, 3.63) is 82.3 Å². The summed E-state index contributed by atoms with van der Waals surface area (Å²) in [5.41, 5.74) is 0.688. The molecule has 0 saturated heterocycles. The molecule has 2 amide bonds. The van der Waals surface area contributed by atoms with Gasteiger partial charge in [0.1, 0.15) is 12.6 Å². The smallest absolute Gasteiger partial charge is 0.264 e. The van der Waals surface area contributed by atoms with Crippen LogP contribution in [-0.2, 0) is 26.2 Å². The Bertz CT molecular complexity index is 1460. The van der Waals surface area contributed by atoms with E-state index < -0.39 is 34.4 Å². The number of carbonyl (C=O) groups excluding carboxylic acids is 2. The maximum Gasteiger partial charge on any atom is 0.264 e. The number of hydrogen-bond donors (Lipinski definition) is 1. The number of methoxy groups -OCH3 is 2.